The third-order valence-corrected chi connectivity index (χ3v) is 4.61. The maximum Gasteiger partial charge on any atom is 0.270 e. The average molecular weight is 365 g/mol. The van der Waals surface area contributed by atoms with Crippen LogP contribution in [0.15, 0.2) is 42.5 Å². The number of fused-ring (bicyclic) bond motifs is 1. The molecule has 2 aromatic carbocycles. The number of nitrogens with zero attached hydrogens (tertiary/aromatic N) is 2. The van der Waals surface area contributed by atoms with Gasteiger partial charge in [-0.05, 0) is 37.5 Å². The van der Waals surface area contributed by atoms with Gasteiger partial charge in [-0.3, -0.25) is 15.5 Å². The minimum absolute atomic E-state index is 0.0685. The number of hydrogen-bond acceptors (Lipinski definition) is 6. The van der Waals surface area contributed by atoms with Crippen molar-refractivity contribution in [2.75, 3.05) is 11.9 Å². The molecule has 4 rings (SSSR count). The summed E-state index contributed by atoms with van der Waals surface area (Å²) in [5, 5.41) is 23.1. The van der Waals surface area contributed by atoms with Gasteiger partial charge < -0.3 is 15.0 Å². The van der Waals surface area contributed by atoms with Gasteiger partial charge in [0.2, 0.25) is 0 Å². The van der Waals surface area contributed by atoms with Crippen LogP contribution in [-0.2, 0) is 4.74 Å². The lowest BCUT2D eigenvalue weighted by molar-refractivity contribution is -0.384. The quantitative estimate of drug-likeness (QED) is 0.361. The van der Waals surface area contributed by atoms with Crippen molar-refractivity contribution in [3.8, 4) is 0 Å². The van der Waals surface area contributed by atoms with Crippen molar-refractivity contribution in [2.45, 2.75) is 25.5 Å². The van der Waals surface area contributed by atoms with Gasteiger partial charge in [-0.15, -0.1) is 0 Å². The predicted octanol–water partition coefficient (Wildman–Crippen LogP) is 3.83. The van der Waals surface area contributed by atoms with Gasteiger partial charge in [0.05, 0.1) is 16.0 Å². The Morgan fingerprint density at radius 1 is 1.30 bits per heavy atom. The molecule has 1 fully saturated rings. The van der Waals surface area contributed by atoms with Gasteiger partial charge in [0, 0.05) is 30.0 Å². The van der Waals surface area contributed by atoms with Crippen LogP contribution in [-0.4, -0.2) is 33.4 Å². The van der Waals surface area contributed by atoms with Crippen molar-refractivity contribution < 1.29 is 9.66 Å². The zero-order chi connectivity index (χ0) is 18.8. The van der Waals surface area contributed by atoms with Crippen LogP contribution in [0.25, 0.3) is 11.0 Å². The SMILES string of the molecule is N=C(c1nc2ccccc2[nH]1)c1cc([N+](=O)[O-])ccc1NC1CCCCO1. The molecule has 1 aliphatic rings. The van der Waals surface area contributed by atoms with Crippen LogP contribution in [0.1, 0.15) is 30.7 Å². The molecule has 0 spiro atoms. The summed E-state index contributed by atoms with van der Waals surface area (Å²) in [6.45, 7) is 0.682. The molecule has 1 aliphatic heterocycles. The Hall–Kier alpha value is -3.26. The molecule has 0 saturated carbocycles. The van der Waals surface area contributed by atoms with Crippen LogP contribution < -0.4 is 5.32 Å². The summed E-state index contributed by atoms with van der Waals surface area (Å²) >= 11 is 0. The molecule has 3 N–H and O–H groups in total. The number of anilines is 1. The molecule has 8 heteroatoms. The maximum absolute atomic E-state index is 11.2. The van der Waals surface area contributed by atoms with E-state index in [0.29, 0.717) is 23.7 Å². The smallest absolute Gasteiger partial charge is 0.270 e. The monoisotopic (exact) mass is 365 g/mol. The molecule has 27 heavy (non-hydrogen) atoms. The zero-order valence-electron chi connectivity index (χ0n) is 14.6. The Morgan fingerprint density at radius 3 is 2.89 bits per heavy atom. The van der Waals surface area contributed by atoms with Crippen molar-refractivity contribution in [1.29, 1.82) is 5.41 Å². The Labute approximate surface area is 155 Å². The highest BCUT2D eigenvalue weighted by Gasteiger charge is 2.21. The Balaban J connectivity index is 1.72. The number of H-pyrrole nitrogens is 1. The van der Waals surface area contributed by atoms with Gasteiger partial charge in [0.1, 0.15) is 11.9 Å². The summed E-state index contributed by atoms with van der Waals surface area (Å²) in [4.78, 5) is 18.3. The van der Waals surface area contributed by atoms with Crippen molar-refractivity contribution in [2.24, 2.45) is 0 Å². The second-order valence-corrected chi connectivity index (χ2v) is 6.46. The van der Waals surface area contributed by atoms with E-state index in [0.717, 1.165) is 30.3 Å². The minimum atomic E-state index is -0.462. The molecule has 1 atom stereocenters. The highest BCUT2D eigenvalue weighted by atomic mass is 16.6. The molecule has 1 saturated heterocycles. The summed E-state index contributed by atoms with van der Waals surface area (Å²) < 4.78 is 5.71. The number of hydrogen-bond donors (Lipinski definition) is 3. The van der Waals surface area contributed by atoms with Crippen LogP contribution >= 0.6 is 0 Å². The van der Waals surface area contributed by atoms with Crippen LogP contribution in [0.3, 0.4) is 0 Å². The van der Waals surface area contributed by atoms with Crippen LogP contribution in [0.5, 0.6) is 0 Å². The van der Waals surface area contributed by atoms with Crippen LogP contribution in [0.2, 0.25) is 0 Å². The standard InChI is InChI=1S/C19H19N5O3/c20-18(19-22-15-5-1-2-6-16(15)23-19)13-11-12(24(25)26)8-9-14(13)21-17-7-3-4-10-27-17/h1-2,5-6,8-9,11,17,20-21H,3-4,7,10H2,(H,22,23). The fraction of sp³-hybridized carbons (Fsp3) is 0.263. The van der Waals surface area contributed by atoms with Crippen molar-refractivity contribution in [1.82, 2.24) is 9.97 Å². The summed E-state index contributed by atoms with van der Waals surface area (Å²) in [5.74, 6) is 0.365. The third-order valence-electron chi connectivity index (χ3n) is 4.61. The third kappa shape index (κ3) is 3.52. The summed E-state index contributed by atoms with van der Waals surface area (Å²) in [5.41, 5.74) is 2.62. The largest absolute Gasteiger partial charge is 0.360 e. The molecule has 0 bridgehead atoms. The van der Waals surface area contributed by atoms with E-state index in [1.165, 1.54) is 12.1 Å². The first-order valence-electron chi connectivity index (χ1n) is 8.82. The lowest BCUT2D eigenvalue weighted by atomic mass is 10.1. The topological polar surface area (TPSA) is 117 Å². The van der Waals surface area contributed by atoms with E-state index in [9.17, 15) is 10.1 Å². The molecule has 0 amide bonds. The summed E-state index contributed by atoms with van der Waals surface area (Å²) in [7, 11) is 0. The van der Waals surface area contributed by atoms with E-state index in [1.807, 2.05) is 24.3 Å². The number of aromatic nitrogens is 2. The Kier molecular flexibility index (Phi) is 4.55. The first-order chi connectivity index (χ1) is 13.1. The zero-order valence-corrected chi connectivity index (χ0v) is 14.6. The number of imidazole rings is 1. The lowest BCUT2D eigenvalue weighted by Crippen LogP contribution is -2.28. The molecule has 8 nitrogen and oxygen atoms in total. The number of benzene rings is 2. The average Bonchev–Trinajstić information content (AvgIpc) is 3.12. The van der Waals surface area contributed by atoms with E-state index in [1.54, 1.807) is 6.07 Å². The summed E-state index contributed by atoms with van der Waals surface area (Å²) in [6, 6.07) is 11.9. The van der Waals surface area contributed by atoms with Crippen molar-refractivity contribution in [3.63, 3.8) is 0 Å². The second kappa shape index (κ2) is 7.16. The molecule has 1 unspecified atom stereocenters. The van der Waals surface area contributed by atoms with Crippen LogP contribution in [0.4, 0.5) is 11.4 Å². The van der Waals surface area contributed by atoms with Crippen molar-refractivity contribution in [3.05, 3.63) is 64.0 Å². The number of nitro groups is 1. The predicted molar refractivity (Wildman–Crippen MR) is 102 cm³/mol. The number of para-hydroxylation sites is 2. The van der Waals surface area contributed by atoms with Gasteiger partial charge in [-0.1, -0.05) is 12.1 Å². The molecule has 0 radical (unpaired) electrons. The van der Waals surface area contributed by atoms with E-state index in [4.69, 9.17) is 10.1 Å². The van der Waals surface area contributed by atoms with Crippen LogP contribution in [0, 0.1) is 15.5 Å². The highest BCUT2D eigenvalue weighted by Crippen LogP contribution is 2.27. The van der Waals surface area contributed by atoms with E-state index in [-0.39, 0.29) is 17.6 Å². The van der Waals surface area contributed by atoms with E-state index < -0.39 is 4.92 Å². The molecular weight excluding hydrogens is 346 g/mol. The number of aromatic amines is 1. The van der Waals surface area contributed by atoms with Gasteiger partial charge in [0.25, 0.3) is 5.69 Å². The number of ether oxygens (including phenoxy) is 1. The minimum Gasteiger partial charge on any atom is -0.360 e. The molecule has 3 aromatic rings. The molecule has 0 aliphatic carbocycles. The van der Waals surface area contributed by atoms with Gasteiger partial charge in [0.15, 0.2) is 5.82 Å². The first-order valence-corrected chi connectivity index (χ1v) is 8.82. The van der Waals surface area contributed by atoms with E-state index >= 15 is 0 Å². The fourth-order valence-electron chi connectivity index (χ4n) is 3.21. The Morgan fingerprint density at radius 2 is 2.15 bits per heavy atom. The molecule has 1 aromatic heterocycles. The summed E-state index contributed by atoms with van der Waals surface area (Å²) in [6.07, 6.45) is 2.78. The second-order valence-electron chi connectivity index (χ2n) is 6.46. The molecule has 138 valence electrons. The molecule has 2 heterocycles. The number of nitro benzene ring substituents is 1. The van der Waals surface area contributed by atoms with E-state index in [2.05, 4.69) is 15.3 Å². The van der Waals surface area contributed by atoms with Gasteiger partial charge in [-0.2, -0.15) is 0 Å². The first kappa shape index (κ1) is 17.2. The fourth-order valence-corrected chi connectivity index (χ4v) is 3.21. The highest BCUT2D eigenvalue weighted by molar-refractivity contribution is 6.13. The number of nitrogens with one attached hydrogen (secondary N) is 3. The Bertz CT molecular complexity index is 975. The molecular formula is C19H19N5O3. The lowest BCUT2D eigenvalue weighted by Gasteiger charge is -2.25. The number of non-ortho nitro benzene ring substituents is 1. The van der Waals surface area contributed by atoms with Gasteiger partial charge in [-0.25, -0.2) is 4.98 Å². The van der Waals surface area contributed by atoms with Crippen molar-refractivity contribution >= 4 is 28.1 Å². The number of rotatable bonds is 5. The normalized spacial score (nSPS) is 17.0. The maximum atomic E-state index is 11.2. The van der Waals surface area contributed by atoms with Gasteiger partial charge >= 0.3 is 0 Å².